The molecule has 0 amide bonds. The van der Waals surface area contributed by atoms with Crippen molar-refractivity contribution in [2.24, 2.45) is 5.41 Å². The van der Waals surface area contributed by atoms with Crippen LogP contribution in [0.3, 0.4) is 0 Å². The van der Waals surface area contributed by atoms with Crippen LogP contribution in [0.25, 0.3) is 16.8 Å². The summed E-state index contributed by atoms with van der Waals surface area (Å²) in [6, 6.07) is 7.92. The zero-order valence-electron chi connectivity index (χ0n) is 20.5. The van der Waals surface area contributed by atoms with E-state index in [-0.39, 0.29) is 17.6 Å². The van der Waals surface area contributed by atoms with Crippen molar-refractivity contribution >= 4 is 17.9 Å². The summed E-state index contributed by atoms with van der Waals surface area (Å²) in [6.07, 6.45) is 7.52. The first-order chi connectivity index (χ1) is 17.8. The van der Waals surface area contributed by atoms with Gasteiger partial charge in [0, 0.05) is 72.0 Å². The second-order valence-electron chi connectivity index (χ2n) is 9.60. The number of aryl methyl sites for hydroxylation is 1. The second kappa shape index (κ2) is 9.84. The van der Waals surface area contributed by atoms with E-state index in [1.807, 2.05) is 11.8 Å². The Labute approximate surface area is 211 Å². The van der Waals surface area contributed by atoms with Gasteiger partial charge in [-0.1, -0.05) is 25.1 Å². The van der Waals surface area contributed by atoms with Crippen LogP contribution in [0.4, 0.5) is 19.1 Å². The Morgan fingerprint density at radius 3 is 2.54 bits per heavy atom. The van der Waals surface area contributed by atoms with E-state index in [1.165, 1.54) is 12.1 Å². The average molecular weight is 510 g/mol. The fourth-order valence-corrected chi connectivity index (χ4v) is 4.66. The molecule has 1 fully saturated rings. The summed E-state index contributed by atoms with van der Waals surface area (Å²) < 4.78 is 47.3. The molecular formula is C27H26F3N5O2. The number of fused-ring (bicyclic) bond motifs is 1. The van der Waals surface area contributed by atoms with Gasteiger partial charge in [0.2, 0.25) is 5.95 Å². The zero-order valence-corrected chi connectivity index (χ0v) is 20.5. The Morgan fingerprint density at radius 1 is 1.16 bits per heavy atom. The normalized spacial score (nSPS) is 15.4. The Kier molecular flexibility index (Phi) is 6.57. The fraction of sp³-hybridized carbons (Fsp3) is 0.333. The fourth-order valence-electron chi connectivity index (χ4n) is 4.66. The maximum atomic E-state index is 15.1. The lowest BCUT2D eigenvalue weighted by atomic mass is 9.82. The number of ether oxygens (including phenoxy) is 1. The molecule has 7 nitrogen and oxygen atoms in total. The quantitative estimate of drug-likeness (QED) is 0.318. The van der Waals surface area contributed by atoms with Crippen molar-refractivity contribution < 1.29 is 22.7 Å². The largest absolute Gasteiger partial charge is 0.435 e. The van der Waals surface area contributed by atoms with E-state index in [2.05, 4.69) is 19.7 Å². The number of nitrogens with zero attached hydrogens (tertiary/aromatic N) is 5. The van der Waals surface area contributed by atoms with Crippen LogP contribution < -0.4 is 9.64 Å². The maximum absolute atomic E-state index is 15.1. The van der Waals surface area contributed by atoms with E-state index in [9.17, 15) is 13.6 Å². The molecule has 0 bridgehead atoms. The summed E-state index contributed by atoms with van der Waals surface area (Å²) in [7, 11) is 0. The van der Waals surface area contributed by atoms with Crippen LogP contribution in [-0.2, 0) is 11.2 Å². The molecule has 0 atom stereocenters. The number of rotatable bonds is 7. The van der Waals surface area contributed by atoms with Crippen LogP contribution in [0.1, 0.15) is 36.7 Å². The number of carbonyl (C=O) groups is 1. The Morgan fingerprint density at radius 2 is 1.86 bits per heavy atom. The summed E-state index contributed by atoms with van der Waals surface area (Å²) in [6.45, 7) is 2.15. The van der Waals surface area contributed by atoms with Crippen LogP contribution in [0.2, 0.25) is 0 Å². The molecule has 0 spiro atoms. The summed E-state index contributed by atoms with van der Waals surface area (Å²) in [4.78, 5) is 26.7. The number of anilines is 1. The minimum Gasteiger partial charge on any atom is -0.435 e. The molecule has 1 aromatic carbocycles. The van der Waals surface area contributed by atoms with Gasteiger partial charge >= 0.3 is 6.61 Å². The molecule has 1 aliphatic heterocycles. The first-order valence-corrected chi connectivity index (χ1v) is 12.0. The van der Waals surface area contributed by atoms with Gasteiger partial charge in [-0.2, -0.15) is 8.78 Å². The third kappa shape index (κ3) is 5.00. The number of alkyl halides is 2. The van der Waals surface area contributed by atoms with Crippen LogP contribution in [-0.4, -0.2) is 45.3 Å². The SMILES string of the molecule is Cc1nc2cc(F)c(-c3cnc(N4CCC(C)(C=O)CC4)nc3)cn2c1Cc1ccccc1OC(F)F. The van der Waals surface area contributed by atoms with Crippen molar-refractivity contribution in [3.05, 3.63) is 71.7 Å². The van der Waals surface area contributed by atoms with Crippen molar-refractivity contribution in [1.82, 2.24) is 19.4 Å². The number of imidazole rings is 1. The third-order valence-corrected chi connectivity index (χ3v) is 6.98. The molecule has 0 aliphatic carbocycles. The van der Waals surface area contributed by atoms with Gasteiger partial charge in [0.25, 0.3) is 0 Å². The molecule has 0 radical (unpaired) electrons. The second-order valence-corrected chi connectivity index (χ2v) is 9.60. The molecule has 37 heavy (non-hydrogen) atoms. The average Bonchev–Trinajstić information content (AvgIpc) is 3.18. The highest BCUT2D eigenvalue weighted by molar-refractivity contribution is 5.65. The van der Waals surface area contributed by atoms with E-state index in [0.29, 0.717) is 47.1 Å². The van der Waals surface area contributed by atoms with E-state index >= 15 is 4.39 Å². The molecule has 10 heteroatoms. The monoisotopic (exact) mass is 509 g/mol. The number of aromatic nitrogens is 4. The van der Waals surface area contributed by atoms with Crippen LogP contribution in [0, 0.1) is 18.2 Å². The predicted octanol–water partition coefficient (Wildman–Crippen LogP) is 5.24. The van der Waals surface area contributed by atoms with Crippen molar-refractivity contribution in [2.45, 2.75) is 39.7 Å². The van der Waals surface area contributed by atoms with Crippen LogP contribution in [0.15, 0.2) is 48.9 Å². The van der Waals surface area contributed by atoms with E-state index in [0.717, 1.165) is 24.8 Å². The molecule has 1 aliphatic rings. The van der Waals surface area contributed by atoms with Gasteiger partial charge in [-0.15, -0.1) is 0 Å². The standard InChI is InChI=1S/C27H26F3N5O2/c1-17-22(11-18-5-3-4-6-23(18)37-25(29)30)35-15-20(21(28)12-24(35)33-17)19-13-31-26(32-14-19)34-9-7-27(2,16-36)8-10-34/h3-6,12-16,25H,7-11H2,1-2H3. The molecule has 192 valence electrons. The van der Waals surface area contributed by atoms with Gasteiger partial charge in [-0.05, 0) is 25.8 Å². The van der Waals surface area contributed by atoms with E-state index < -0.39 is 12.4 Å². The predicted molar refractivity (Wildman–Crippen MR) is 132 cm³/mol. The molecule has 3 aromatic heterocycles. The number of halogens is 3. The van der Waals surface area contributed by atoms with Gasteiger partial charge in [-0.3, -0.25) is 0 Å². The van der Waals surface area contributed by atoms with Gasteiger partial charge in [0.1, 0.15) is 23.5 Å². The smallest absolute Gasteiger partial charge is 0.387 e. The van der Waals surface area contributed by atoms with Crippen molar-refractivity contribution in [1.29, 1.82) is 0 Å². The molecule has 0 unspecified atom stereocenters. The molecule has 4 heterocycles. The van der Waals surface area contributed by atoms with E-state index in [4.69, 9.17) is 0 Å². The highest BCUT2D eigenvalue weighted by Crippen LogP contribution is 2.31. The highest BCUT2D eigenvalue weighted by atomic mass is 19.3. The minimum atomic E-state index is -2.94. The highest BCUT2D eigenvalue weighted by Gasteiger charge is 2.30. The van der Waals surface area contributed by atoms with Gasteiger partial charge < -0.3 is 18.8 Å². The third-order valence-electron chi connectivity index (χ3n) is 6.98. The lowest BCUT2D eigenvalue weighted by molar-refractivity contribution is -0.116. The topological polar surface area (TPSA) is 72.6 Å². The number of piperidine rings is 1. The molecule has 4 aromatic rings. The first kappa shape index (κ1) is 24.7. The van der Waals surface area contributed by atoms with Crippen molar-refractivity contribution in [3.8, 4) is 16.9 Å². The van der Waals surface area contributed by atoms with Gasteiger partial charge in [0.05, 0.1) is 5.69 Å². The lowest BCUT2D eigenvalue weighted by Crippen LogP contribution is -2.40. The minimum absolute atomic E-state index is 0.0874. The molecular weight excluding hydrogens is 483 g/mol. The van der Waals surface area contributed by atoms with Crippen LogP contribution >= 0.6 is 0 Å². The summed E-state index contributed by atoms with van der Waals surface area (Å²) in [5.74, 6) is 0.152. The Hall–Kier alpha value is -3.95. The van der Waals surface area contributed by atoms with Gasteiger partial charge in [0.15, 0.2) is 0 Å². The molecule has 1 saturated heterocycles. The Bertz CT molecular complexity index is 1430. The zero-order chi connectivity index (χ0) is 26.2. The summed E-state index contributed by atoms with van der Waals surface area (Å²) in [5.41, 5.74) is 2.83. The number of benzene rings is 1. The number of aldehydes is 1. The number of para-hydroxylation sites is 1. The lowest BCUT2D eigenvalue weighted by Gasteiger charge is -2.35. The number of hydrogen-bond acceptors (Lipinski definition) is 6. The number of pyridine rings is 1. The van der Waals surface area contributed by atoms with Crippen LogP contribution in [0.5, 0.6) is 5.75 Å². The number of hydrogen-bond donors (Lipinski definition) is 0. The molecule has 0 saturated carbocycles. The first-order valence-electron chi connectivity index (χ1n) is 12.0. The van der Waals surface area contributed by atoms with Crippen molar-refractivity contribution in [3.63, 3.8) is 0 Å². The van der Waals surface area contributed by atoms with E-state index in [1.54, 1.807) is 48.1 Å². The summed E-state index contributed by atoms with van der Waals surface area (Å²) >= 11 is 0. The summed E-state index contributed by atoms with van der Waals surface area (Å²) in [5, 5.41) is 0. The maximum Gasteiger partial charge on any atom is 0.387 e. The molecule has 5 rings (SSSR count). The Balaban J connectivity index is 1.44. The number of carbonyl (C=O) groups excluding carboxylic acids is 1. The van der Waals surface area contributed by atoms with Gasteiger partial charge in [-0.25, -0.2) is 19.3 Å². The van der Waals surface area contributed by atoms with Crippen molar-refractivity contribution in [2.75, 3.05) is 18.0 Å². The molecule has 0 N–H and O–H groups in total.